The zero-order chi connectivity index (χ0) is 18.1. The molecule has 2 aromatic rings. The van der Waals surface area contributed by atoms with Gasteiger partial charge in [-0.05, 0) is 47.6 Å². The van der Waals surface area contributed by atoms with Gasteiger partial charge in [0.15, 0.2) is 6.61 Å². The number of ether oxygens (including phenoxy) is 1. The molecule has 4 nitrogen and oxygen atoms in total. The second-order valence-corrected chi connectivity index (χ2v) is 6.06. The molecule has 0 aromatic heterocycles. The number of nitrogens with one attached hydrogen (secondary N) is 1. The van der Waals surface area contributed by atoms with Crippen LogP contribution in [0.3, 0.4) is 0 Å². The monoisotopic (exact) mass is 338 g/mol. The van der Waals surface area contributed by atoms with Crippen LogP contribution in [0.2, 0.25) is 0 Å². The summed E-state index contributed by atoms with van der Waals surface area (Å²) in [5.41, 5.74) is 5.97. The first-order valence-corrected chi connectivity index (χ1v) is 8.76. The molecule has 0 aliphatic carbocycles. The maximum absolute atomic E-state index is 11.8. The summed E-state index contributed by atoms with van der Waals surface area (Å²) in [6.07, 6.45) is 3.73. The van der Waals surface area contributed by atoms with Crippen molar-refractivity contribution in [3.8, 4) is 5.75 Å². The number of hydrogen-bond donors (Lipinski definition) is 1. The van der Waals surface area contributed by atoms with E-state index in [0.29, 0.717) is 11.7 Å². The Morgan fingerprint density at radius 1 is 1.12 bits per heavy atom. The third-order valence-electron chi connectivity index (χ3n) is 4.22. The molecule has 0 radical (unpaired) electrons. The minimum absolute atomic E-state index is 0.0607. The molecule has 0 saturated heterocycles. The SMILES string of the molecule is CCc1ccc(/C=N\NC(=O)COc2ccc([C@@H](C)CC)cc2)cc1. The molecule has 0 bridgehead atoms. The van der Waals surface area contributed by atoms with Crippen molar-refractivity contribution in [1.29, 1.82) is 0 Å². The van der Waals surface area contributed by atoms with Gasteiger partial charge < -0.3 is 4.74 Å². The van der Waals surface area contributed by atoms with Gasteiger partial charge in [-0.25, -0.2) is 5.43 Å². The zero-order valence-corrected chi connectivity index (χ0v) is 15.2. The average Bonchev–Trinajstić information content (AvgIpc) is 2.66. The normalized spacial score (nSPS) is 12.1. The molecule has 2 aromatic carbocycles. The van der Waals surface area contributed by atoms with Gasteiger partial charge in [-0.2, -0.15) is 5.10 Å². The summed E-state index contributed by atoms with van der Waals surface area (Å²) < 4.78 is 5.48. The molecule has 132 valence electrons. The predicted octanol–water partition coefficient (Wildman–Crippen LogP) is 4.29. The molecule has 25 heavy (non-hydrogen) atoms. The van der Waals surface area contributed by atoms with Gasteiger partial charge in [0.05, 0.1) is 6.21 Å². The maximum atomic E-state index is 11.8. The van der Waals surface area contributed by atoms with Gasteiger partial charge in [-0.15, -0.1) is 0 Å². The lowest BCUT2D eigenvalue weighted by Crippen LogP contribution is -2.24. The lowest BCUT2D eigenvalue weighted by atomic mass is 9.99. The lowest BCUT2D eigenvalue weighted by molar-refractivity contribution is -0.123. The minimum atomic E-state index is -0.285. The minimum Gasteiger partial charge on any atom is -0.484 e. The number of amides is 1. The fraction of sp³-hybridized carbons (Fsp3) is 0.333. The summed E-state index contributed by atoms with van der Waals surface area (Å²) in [5, 5.41) is 3.95. The van der Waals surface area contributed by atoms with Crippen molar-refractivity contribution in [1.82, 2.24) is 5.43 Å². The van der Waals surface area contributed by atoms with Gasteiger partial charge in [0.2, 0.25) is 0 Å². The van der Waals surface area contributed by atoms with Crippen LogP contribution >= 0.6 is 0 Å². The van der Waals surface area contributed by atoms with Gasteiger partial charge in [0.1, 0.15) is 5.75 Å². The number of carbonyl (C=O) groups is 1. The van der Waals surface area contributed by atoms with E-state index in [4.69, 9.17) is 4.74 Å². The van der Waals surface area contributed by atoms with Crippen LogP contribution in [0.25, 0.3) is 0 Å². The van der Waals surface area contributed by atoms with Gasteiger partial charge in [-0.3, -0.25) is 4.79 Å². The molecule has 0 fully saturated rings. The fourth-order valence-corrected chi connectivity index (χ4v) is 2.33. The van der Waals surface area contributed by atoms with E-state index in [1.54, 1.807) is 6.21 Å². The molecule has 1 N–H and O–H groups in total. The predicted molar refractivity (Wildman–Crippen MR) is 102 cm³/mol. The summed E-state index contributed by atoms with van der Waals surface area (Å²) in [6, 6.07) is 15.9. The van der Waals surface area contributed by atoms with E-state index < -0.39 is 0 Å². The molecular weight excluding hydrogens is 312 g/mol. The van der Waals surface area contributed by atoms with Gasteiger partial charge >= 0.3 is 0 Å². The summed E-state index contributed by atoms with van der Waals surface area (Å²) in [5.74, 6) is 0.923. The van der Waals surface area contributed by atoms with Crippen LogP contribution < -0.4 is 10.2 Å². The van der Waals surface area contributed by atoms with Crippen LogP contribution in [-0.4, -0.2) is 18.7 Å². The second-order valence-electron chi connectivity index (χ2n) is 6.06. The molecule has 0 aliphatic heterocycles. The highest BCUT2D eigenvalue weighted by atomic mass is 16.5. The summed E-state index contributed by atoms with van der Waals surface area (Å²) >= 11 is 0. The first-order chi connectivity index (χ1) is 12.1. The summed E-state index contributed by atoms with van der Waals surface area (Å²) in [6.45, 7) is 6.41. The zero-order valence-electron chi connectivity index (χ0n) is 15.2. The molecule has 0 heterocycles. The summed E-state index contributed by atoms with van der Waals surface area (Å²) in [7, 11) is 0. The Morgan fingerprint density at radius 3 is 2.40 bits per heavy atom. The van der Waals surface area contributed by atoms with E-state index in [2.05, 4.69) is 43.4 Å². The highest BCUT2D eigenvalue weighted by Gasteiger charge is 2.04. The number of benzene rings is 2. The third-order valence-corrected chi connectivity index (χ3v) is 4.22. The molecule has 0 saturated carbocycles. The molecule has 4 heteroatoms. The van der Waals surface area contributed by atoms with Crippen molar-refractivity contribution in [3.63, 3.8) is 0 Å². The Kier molecular flexibility index (Phi) is 7.20. The van der Waals surface area contributed by atoms with Crippen molar-refractivity contribution < 1.29 is 9.53 Å². The topological polar surface area (TPSA) is 50.7 Å². The maximum Gasteiger partial charge on any atom is 0.277 e. The Hall–Kier alpha value is -2.62. The van der Waals surface area contributed by atoms with E-state index in [1.165, 1.54) is 11.1 Å². The number of hydrazone groups is 1. The number of hydrogen-bond acceptors (Lipinski definition) is 3. The number of nitrogens with zero attached hydrogens (tertiary/aromatic N) is 1. The highest BCUT2D eigenvalue weighted by molar-refractivity contribution is 5.82. The quantitative estimate of drug-likeness (QED) is 0.576. The van der Waals surface area contributed by atoms with Crippen LogP contribution in [0.4, 0.5) is 0 Å². The Balaban J connectivity index is 1.77. The van der Waals surface area contributed by atoms with Crippen LogP contribution in [-0.2, 0) is 11.2 Å². The fourth-order valence-electron chi connectivity index (χ4n) is 2.33. The van der Waals surface area contributed by atoms with E-state index in [9.17, 15) is 4.79 Å². The van der Waals surface area contributed by atoms with E-state index in [0.717, 1.165) is 18.4 Å². The van der Waals surface area contributed by atoms with Crippen LogP contribution in [0.1, 0.15) is 49.8 Å². The van der Waals surface area contributed by atoms with E-state index >= 15 is 0 Å². The first-order valence-electron chi connectivity index (χ1n) is 8.76. The van der Waals surface area contributed by atoms with Crippen molar-refractivity contribution in [2.45, 2.75) is 39.5 Å². The molecule has 2 rings (SSSR count). The largest absolute Gasteiger partial charge is 0.484 e. The van der Waals surface area contributed by atoms with Crippen molar-refractivity contribution in [2.75, 3.05) is 6.61 Å². The number of carbonyl (C=O) groups excluding carboxylic acids is 1. The van der Waals surface area contributed by atoms with Crippen LogP contribution in [0.15, 0.2) is 53.6 Å². The second kappa shape index (κ2) is 9.62. The molecule has 0 unspecified atom stereocenters. The molecule has 0 aliphatic rings. The van der Waals surface area contributed by atoms with Crippen LogP contribution in [0, 0.1) is 0 Å². The van der Waals surface area contributed by atoms with E-state index in [1.807, 2.05) is 36.4 Å². The number of aryl methyl sites for hydroxylation is 1. The highest BCUT2D eigenvalue weighted by Crippen LogP contribution is 2.21. The molecule has 1 amide bonds. The van der Waals surface area contributed by atoms with E-state index in [-0.39, 0.29) is 12.5 Å². The average molecular weight is 338 g/mol. The van der Waals surface area contributed by atoms with Crippen molar-refractivity contribution in [3.05, 3.63) is 65.2 Å². The van der Waals surface area contributed by atoms with Crippen molar-refractivity contribution in [2.24, 2.45) is 5.10 Å². The number of rotatable bonds is 8. The standard InChI is InChI=1S/C21H26N2O2/c1-4-16(3)19-10-12-20(13-11-19)25-15-21(24)23-22-14-18-8-6-17(5-2)7-9-18/h6-14,16H,4-5,15H2,1-3H3,(H,23,24)/b22-14-/t16-/m0/s1. The van der Waals surface area contributed by atoms with Gasteiger partial charge in [0.25, 0.3) is 5.91 Å². The Labute approximate surface area is 149 Å². The van der Waals surface area contributed by atoms with Crippen LogP contribution in [0.5, 0.6) is 5.75 Å². The van der Waals surface area contributed by atoms with Gasteiger partial charge in [0, 0.05) is 0 Å². The molecule has 0 spiro atoms. The molecule has 1 atom stereocenters. The lowest BCUT2D eigenvalue weighted by Gasteiger charge is -2.10. The third kappa shape index (κ3) is 6.07. The Morgan fingerprint density at radius 2 is 1.80 bits per heavy atom. The summed E-state index contributed by atoms with van der Waals surface area (Å²) in [4.78, 5) is 11.8. The molecular formula is C21H26N2O2. The van der Waals surface area contributed by atoms with Crippen molar-refractivity contribution >= 4 is 12.1 Å². The smallest absolute Gasteiger partial charge is 0.277 e. The van der Waals surface area contributed by atoms with Gasteiger partial charge in [-0.1, -0.05) is 57.2 Å². The Bertz CT molecular complexity index is 691. The first kappa shape index (κ1) is 18.7.